The van der Waals surface area contributed by atoms with Gasteiger partial charge in [0.2, 0.25) is 0 Å². The van der Waals surface area contributed by atoms with Crippen molar-refractivity contribution in [1.29, 1.82) is 0 Å². The summed E-state index contributed by atoms with van der Waals surface area (Å²) in [7, 11) is 0. The first-order valence-electron chi connectivity index (χ1n) is 5.47. The van der Waals surface area contributed by atoms with Crippen LogP contribution in [0.3, 0.4) is 0 Å². The summed E-state index contributed by atoms with van der Waals surface area (Å²) in [6, 6.07) is 0. The Morgan fingerprint density at radius 3 is 2.42 bits per heavy atom. The van der Waals surface area contributed by atoms with Crippen LogP contribution in [0.25, 0.3) is 0 Å². The zero-order valence-corrected chi connectivity index (χ0v) is 8.42. The van der Waals surface area contributed by atoms with Crippen molar-refractivity contribution in [2.45, 2.75) is 58.5 Å². The lowest BCUT2D eigenvalue weighted by Gasteiger charge is -2.20. The zero-order valence-electron chi connectivity index (χ0n) is 8.42. The molecule has 0 radical (unpaired) electrons. The molecule has 72 valence electrons. The van der Waals surface area contributed by atoms with E-state index in [9.17, 15) is 5.11 Å². The summed E-state index contributed by atoms with van der Waals surface area (Å²) in [5, 5.41) is 9.88. The van der Waals surface area contributed by atoms with Gasteiger partial charge >= 0.3 is 0 Å². The van der Waals surface area contributed by atoms with Gasteiger partial charge in [0.15, 0.2) is 0 Å². The number of aliphatic hydroxyl groups is 1. The fraction of sp³-hybridized carbons (Fsp3) is 1.00. The fourth-order valence-corrected chi connectivity index (χ4v) is 1.91. The van der Waals surface area contributed by atoms with E-state index < -0.39 is 0 Å². The van der Waals surface area contributed by atoms with Crippen LogP contribution >= 0.6 is 0 Å². The van der Waals surface area contributed by atoms with Gasteiger partial charge in [-0.15, -0.1) is 0 Å². The van der Waals surface area contributed by atoms with E-state index >= 15 is 0 Å². The van der Waals surface area contributed by atoms with E-state index in [0.717, 1.165) is 6.42 Å². The Balaban J connectivity index is 2.22. The van der Waals surface area contributed by atoms with E-state index in [1.807, 2.05) is 0 Å². The zero-order chi connectivity index (χ0) is 8.97. The Morgan fingerprint density at radius 1 is 1.33 bits per heavy atom. The third kappa shape index (κ3) is 2.78. The highest BCUT2D eigenvalue weighted by atomic mass is 16.3. The Morgan fingerprint density at radius 2 is 2.00 bits per heavy atom. The molecule has 1 nitrogen and oxygen atoms in total. The van der Waals surface area contributed by atoms with Crippen molar-refractivity contribution >= 4 is 0 Å². The van der Waals surface area contributed by atoms with Crippen molar-refractivity contribution in [3.63, 3.8) is 0 Å². The van der Waals surface area contributed by atoms with Crippen LogP contribution < -0.4 is 0 Å². The van der Waals surface area contributed by atoms with Crippen LogP contribution in [0, 0.1) is 11.8 Å². The van der Waals surface area contributed by atoms with Gasteiger partial charge in [0.1, 0.15) is 0 Å². The molecule has 0 aromatic heterocycles. The number of aliphatic hydroxyl groups excluding tert-OH is 1. The first-order valence-corrected chi connectivity index (χ1v) is 5.47. The van der Waals surface area contributed by atoms with Gasteiger partial charge in [-0.2, -0.15) is 0 Å². The average Bonchev–Trinajstić information content (AvgIpc) is 2.88. The smallest absolute Gasteiger partial charge is 0.0596 e. The van der Waals surface area contributed by atoms with Crippen LogP contribution in [0.5, 0.6) is 0 Å². The molecular formula is C11H22O. The van der Waals surface area contributed by atoms with Crippen molar-refractivity contribution < 1.29 is 5.11 Å². The molecule has 12 heavy (non-hydrogen) atoms. The van der Waals surface area contributed by atoms with E-state index in [1.54, 1.807) is 0 Å². The summed E-state index contributed by atoms with van der Waals surface area (Å²) in [5.41, 5.74) is 0. The predicted octanol–water partition coefficient (Wildman–Crippen LogP) is 2.97. The van der Waals surface area contributed by atoms with E-state index in [4.69, 9.17) is 0 Å². The molecule has 0 bridgehead atoms. The largest absolute Gasteiger partial charge is 0.393 e. The number of hydrogen-bond donors (Lipinski definition) is 1. The number of rotatable bonds is 6. The predicted molar refractivity (Wildman–Crippen MR) is 52.0 cm³/mol. The molecule has 2 atom stereocenters. The second-order valence-electron chi connectivity index (χ2n) is 4.14. The van der Waals surface area contributed by atoms with Gasteiger partial charge in [-0.25, -0.2) is 0 Å². The molecule has 0 saturated heterocycles. The minimum atomic E-state index is 0.0153. The van der Waals surface area contributed by atoms with Gasteiger partial charge in [0.05, 0.1) is 6.10 Å². The molecule has 0 aliphatic heterocycles. The van der Waals surface area contributed by atoms with Crippen molar-refractivity contribution in [1.82, 2.24) is 0 Å². The summed E-state index contributed by atoms with van der Waals surface area (Å²) in [6.45, 7) is 4.42. The number of hydrogen-bond acceptors (Lipinski definition) is 1. The van der Waals surface area contributed by atoms with Crippen LogP contribution in [-0.2, 0) is 0 Å². The van der Waals surface area contributed by atoms with Gasteiger partial charge in [-0.1, -0.05) is 33.1 Å². The molecule has 1 aliphatic rings. The van der Waals surface area contributed by atoms with Gasteiger partial charge in [-0.3, -0.25) is 0 Å². The molecule has 1 saturated carbocycles. The van der Waals surface area contributed by atoms with E-state index in [2.05, 4.69) is 13.8 Å². The van der Waals surface area contributed by atoms with E-state index in [1.165, 1.54) is 32.1 Å². The molecule has 0 aromatic carbocycles. The van der Waals surface area contributed by atoms with Crippen molar-refractivity contribution in [2.24, 2.45) is 11.8 Å². The monoisotopic (exact) mass is 170 g/mol. The van der Waals surface area contributed by atoms with Gasteiger partial charge < -0.3 is 5.11 Å². The summed E-state index contributed by atoms with van der Waals surface area (Å²) < 4.78 is 0. The standard InChI is InChI=1S/C11H22O/c1-3-5-6-9(4-2)11(12)10-7-8-10/h9-12H,3-8H2,1-2H3. The van der Waals surface area contributed by atoms with Crippen molar-refractivity contribution in [3.8, 4) is 0 Å². The van der Waals surface area contributed by atoms with Crippen LogP contribution in [-0.4, -0.2) is 11.2 Å². The Kier molecular flexibility index (Phi) is 4.07. The van der Waals surface area contributed by atoms with Crippen LogP contribution in [0.1, 0.15) is 52.4 Å². The van der Waals surface area contributed by atoms with E-state index in [-0.39, 0.29) is 6.10 Å². The Hall–Kier alpha value is -0.0400. The summed E-state index contributed by atoms with van der Waals surface area (Å²) in [6.07, 6.45) is 7.47. The lowest BCUT2D eigenvalue weighted by molar-refractivity contribution is 0.0783. The highest BCUT2D eigenvalue weighted by Crippen LogP contribution is 2.37. The molecule has 0 heterocycles. The SMILES string of the molecule is CCCCC(CC)C(O)C1CC1. The first kappa shape index (κ1) is 10.0. The van der Waals surface area contributed by atoms with Crippen LogP contribution in [0.4, 0.5) is 0 Å². The molecule has 0 amide bonds. The second-order valence-corrected chi connectivity index (χ2v) is 4.14. The molecule has 2 unspecified atom stereocenters. The van der Waals surface area contributed by atoms with Crippen molar-refractivity contribution in [3.05, 3.63) is 0 Å². The molecule has 0 spiro atoms. The maximum absolute atomic E-state index is 9.88. The minimum Gasteiger partial charge on any atom is -0.393 e. The quantitative estimate of drug-likeness (QED) is 0.649. The molecule has 1 rings (SSSR count). The third-order valence-electron chi connectivity index (χ3n) is 3.04. The molecular weight excluding hydrogens is 148 g/mol. The lowest BCUT2D eigenvalue weighted by Crippen LogP contribution is -2.21. The summed E-state index contributed by atoms with van der Waals surface area (Å²) in [4.78, 5) is 0. The first-order chi connectivity index (χ1) is 5.79. The summed E-state index contributed by atoms with van der Waals surface area (Å²) in [5.74, 6) is 1.24. The fourth-order valence-electron chi connectivity index (χ4n) is 1.91. The maximum Gasteiger partial charge on any atom is 0.0596 e. The molecule has 1 fully saturated rings. The minimum absolute atomic E-state index is 0.0153. The van der Waals surface area contributed by atoms with Crippen LogP contribution in [0.15, 0.2) is 0 Å². The van der Waals surface area contributed by atoms with E-state index in [0.29, 0.717) is 11.8 Å². The lowest BCUT2D eigenvalue weighted by atomic mass is 9.91. The highest BCUT2D eigenvalue weighted by Gasteiger charge is 2.33. The Bertz CT molecular complexity index is 118. The van der Waals surface area contributed by atoms with Gasteiger partial charge in [0.25, 0.3) is 0 Å². The molecule has 1 aliphatic carbocycles. The van der Waals surface area contributed by atoms with Crippen molar-refractivity contribution in [2.75, 3.05) is 0 Å². The van der Waals surface area contributed by atoms with Gasteiger partial charge in [0, 0.05) is 0 Å². The second kappa shape index (κ2) is 4.86. The topological polar surface area (TPSA) is 20.2 Å². The third-order valence-corrected chi connectivity index (χ3v) is 3.04. The Labute approximate surface area is 76.2 Å². The molecule has 0 aromatic rings. The summed E-state index contributed by atoms with van der Waals surface area (Å²) >= 11 is 0. The highest BCUT2D eigenvalue weighted by molar-refractivity contribution is 4.84. The maximum atomic E-state index is 9.88. The normalized spacial score (nSPS) is 22.2. The van der Waals surface area contributed by atoms with Crippen LogP contribution in [0.2, 0.25) is 0 Å². The molecule has 1 N–H and O–H groups in total. The molecule has 1 heteroatoms. The number of unbranched alkanes of at least 4 members (excludes halogenated alkanes) is 1. The average molecular weight is 170 g/mol. The van der Waals surface area contributed by atoms with Gasteiger partial charge in [-0.05, 0) is 31.1 Å².